The van der Waals surface area contributed by atoms with Gasteiger partial charge in [0.15, 0.2) is 23.1 Å². The molecule has 2 aliphatic heterocycles. The van der Waals surface area contributed by atoms with Gasteiger partial charge in [-0.3, -0.25) is 9.88 Å². The van der Waals surface area contributed by atoms with E-state index < -0.39 is 17.7 Å². The molecule has 1 aromatic heterocycles. The second-order valence-corrected chi connectivity index (χ2v) is 10.2. The van der Waals surface area contributed by atoms with Gasteiger partial charge in [0.05, 0.1) is 30.7 Å². The number of benzene rings is 3. The number of morpholine rings is 1. The number of halogens is 2. The molecule has 2 aliphatic rings. The topological polar surface area (TPSA) is 103 Å². The predicted octanol–water partition coefficient (Wildman–Crippen LogP) is 5.50. The average molecular weight is 607 g/mol. The molecule has 3 aromatic carbocycles. The van der Waals surface area contributed by atoms with E-state index in [4.69, 9.17) is 23.7 Å². The van der Waals surface area contributed by atoms with E-state index in [9.17, 15) is 9.18 Å². The number of hydrogen-bond donors (Lipinski definition) is 2. The summed E-state index contributed by atoms with van der Waals surface area (Å²) < 4.78 is 58.4. The standard InChI is InChI=1S/C32H32F2N4O6/c33-23-5-2-1-4-21(23)20-36-32(39)37-22-6-7-26(24(34)18-22)44-27-8-9-35-25-19-28(30-31(29(25)27)43-17-16-42-30)41-13-3-10-38-11-14-40-15-12-38/h1-2,4-9,18-19H,3,10-17,20H2,(H2,36,37,39). The van der Waals surface area contributed by atoms with Crippen molar-refractivity contribution in [3.8, 4) is 28.7 Å². The Morgan fingerprint density at radius 3 is 2.55 bits per heavy atom. The van der Waals surface area contributed by atoms with Crippen molar-refractivity contribution in [1.29, 1.82) is 0 Å². The molecule has 230 valence electrons. The van der Waals surface area contributed by atoms with Crippen molar-refractivity contribution in [2.24, 2.45) is 0 Å². The van der Waals surface area contributed by atoms with Crippen LogP contribution in [0.1, 0.15) is 12.0 Å². The minimum absolute atomic E-state index is 0.0192. The maximum atomic E-state index is 15.2. The van der Waals surface area contributed by atoms with Crippen LogP contribution in [0.4, 0.5) is 19.3 Å². The highest BCUT2D eigenvalue weighted by atomic mass is 19.1. The van der Waals surface area contributed by atoms with Gasteiger partial charge in [-0.05, 0) is 30.7 Å². The number of carbonyl (C=O) groups is 1. The normalized spacial score (nSPS) is 14.7. The predicted molar refractivity (Wildman–Crippen MR) is 159 cm³/mol. The molecular formula is C32H32F2N4O6. The summed E-state index contributed by atoms with van der Waals surface area (Å²) >= 11 is 0. The number of urea groups is 1. The molecule has 0 spiro atoms. The molecule has 0 radical (unpaired) electrons. The van der Waals surface area contributed by atoms with E-state index in [1.807, 2.05) is 0 Å². The van der Waals surface area contributed by atoms with Gasteiger partial charge >= 0.3 is 6.03 Å². The van der Waals surface area contributed by atoms with Crippen LogP contribution in [0.2, 0.25) is 0 Å². The third-order valence-electron chi connectivity index (χ3n) is 7.23. The van der Waals surface area contributed by atoms with E-state index in [0.717, 1.165) is 45.3 Å². The SMILES string of the molecule is O=C(NCc1ccccc1F)Nc1ccc(Oc2ccnc3cc(OCCCN4CCOCC4)c4c(c23)OCCO4)c(F)c1. The minimum Gasteiger partial charge on any atom is -0.489 e. The summed E-state index contributed by atoms with van der Waals surface area (Å²) in [5, 5.41) is 5.62. The minimum atomic E-state index is -0.701. The zero-order chi connectivity index (χ0) is 30.3. The van der Waals surface area contributed by atoms with E-state index >= 15 is 4.39 Å². The lowest BCUT2D eigenvalue weighted by Crippen LogP contribution is -2.37. The van der Waals surface area contributed by atoms with Crippen molar-refractivity contribution >= 4 is 22.6 Å². The van der Waals surface area contributed by atoms with Crippen molar-refractivity contribution in [3.05, 3.63) is 78.0 Å². The van der Waals surface area contributed by atoms with Crippen molar-refractivity contribution in [2.75, 3.05) is 58.0 Å². The van der Waals surface area contributed by atoms with E-state index in [2.05, 4.69) is 20.5 Å². The molecule has 12 heteroatoms. The van der Waals surface area contributed by atoms with Crippen LogP contribution < -0.4 is 29.6 Å². The number of carbonyl (C=O) groups excluding carboxylic acids is 1. The molecule has 0 saturated carbocycles. The average Bonchev–Trinajstić information content (AvgIpc) is 3.04. The van der Waals surface area contributed by atoms with Gasteiger partial charge in [-0.1, -0.05) is 18.2 Å². The molecule has 6 rings (SSSR count). The molecular weight excluding hydrogens is 574 g/mol. The highest BCUT2D eigenvalue weighted by Gasteiger charge is 2.25. The van der Waals surface area contributed by atoms with E-state index in [-0.39, 0.29) is 18.0 Å². The van der Waals surface area contributed by atoms with Crippen molar-refractivity contribution in [3.63, 3.8) is 0 Å². The lowest BCUT2D eigenvalue weighted by atomic mass is 10.1. The zero-order valence-electron chi connectivity index (χ0n) is 23.9. The third-order valence-corrected chi connectivity index (χ3v) is 7.23. The molecule has 0 bridgehead atoms. The molecule has 4 aromatic rings. The summed E-state index contributed by atoms with van der Waals surface area (Å²) in [7, 11) is 0. The van der Waals surface area contributed by atoms with Gasteiger partial charge in [-0.15, -0.1) is 0 Å². The van der Waals surface area contributed by atoms with Crippen LogP contribution in [-0.4, -0.2) is 68.6 Å². The Balaban J connectivity index is 1.14. The molecule has 3 heterocycles. The molecule has 0 unspecified atom stereocenters. The number of pyridine rings is 1. The highest BCUT2D eigenvalue weighted by Crippen LogP contribution is 2.48. The Hall–Kier alpha value is -4.68. The summed E-state index contributed by atoms with van der Waals surface area (Å²) in [6.45, 7) is 5.39. The number of nitrogens with zero attached hydrogens (tertiary/aromatic N) is 2. The van der Waals surface area contributed by atoms with E-state index in [0.29, 0.717) is 59.3 Å². The largest absolute Gasteiger partial charge is 0.489 e. The number of hydrogen-bond acceptors (Lipinski definition) is 8. The van der Waals surface area contributed by atoms with Crippen molar-refractivity contribution < 1.29 is 37.3 Å². The van der Waals surface area contributed by atoms with Gasteiger partial charge in [-0.2, -0.15) is 0 Å². The molecule has 0 atom stereocenters. The number of nitrogens with one attached hydrogen (secondary N) is 2. The Morgan fingerprint density at radius 1 is 0.909 bits per heavy atom. The fraction of sp³-hybridized carbons (Fsp3) is 0.312. The molecule has 10 nitrogen and oxygen atoms in total. The molecule has 44 heavy (non-hydrogen) atoms. The van der Waals surface area contributed by atoms with Crippen LogP contribution in [0.25, 0.3) is 10.9 Å². The first-order valence-electron chi connectivity index (χ1n) is 14.4. The smallest absolute Gasteiger partial charge is 0.319 e. The van der Waals surface area contributed by atoms with Crippen LogP contribution >= 0.6 is 0 Å². The second-order valence-electron chi connectivity index (χ2n) is 10.2. The van der Waals surface area contributed by atoms with Crippen LogP contribution in [0.15, 0.2) is 60.8 Å². The van der Waals surface area contributed by atoms with Gasteiger partial charge in [0.1, 0.15) is 24.8 Å². The van der Waals surface area contributed by atoms with Gasteiger partial charge < -0.3 is 34.3 Å². The first kappa shape index (κ1) is 29.4. The maximum absolute atomic E-state index is 15.2. The Labute approximate surface area is 252 Å². The van der Waals surface area contributed by atoms with Crippen LogP contribution in [0, 0.1) is 11.6 Å². The van der Waals surface area contributed by atoms with E-state index in [1.165, 1.54) is 18.2 Å². The zero-order valence-corrected chi connectivity index (χ0v) is 23.9. The first-order valence-corrected chi connectivity index (χ1v) is 14.4. The van der Waals surface area contributed by atoms with Gasteiger partial charge in [0.25, 0.3) is 0 Å². The number of ether oxygens (including phenoxy) is 5. The van der Waals surface area contributed by atoms with Crippen LogP contribution in [-0.2, 0) is 11.3 Å². The van der Waals surface area contributed by atoms with Gasteiger partial charge in [-0.25, -0.2) is 13.6 Å². The lowest BCUT2D eigenvalue weighted by molar-refractivity contribution is 0.0357. The number of amides is 2. The Morgan fingerprint density at radius 2 is 1.73 bits per heavy atom. The van der Waals surface area contributed by atoms with Crippen LogP contribution in [0.3, 0.4) is 0 Å². The van der Waals surface area contributed by atoms with Gasteiger partial charge in [0.2, 0.25) is 5.75 Å². The van der Waals surface area contributed by atoms with Crippen molar-refractivity contribution in [2.45, 2.75) is 13.0 Å². The quantitative estimate of drug-likeness (QED) is 0.228. The highest BCUT2D eigenvalue weighted by molar-refractivity contribution is 5.95. The fourth-order valence-corrected chi connectivity index (χ4v) is 5.03. The summed E-state index contributed by atoms with van der Waals surface area (Å²) in [6, 6.07) is 13.0. The monoisotopic (exact) mass is 606 g/mol. The molecule has 1 fully saturated rings. The summed E-state index contributed by atoms with van der Waals surface area (Å²) in [4.78, 5) is 19.1. The Kier molecular flexibility index (Phi) is 9.18. The summed E-state index contributed by atoms with van der Waals surface area (Å²) in [6.07, 6.45) is 2.39. The summed E-state index contributed by atoms with van der Waals surface area (Å²) in [5.41, 5.74) is 1.08. The first-order chi connectivity index (χ1) is 21.5. The van der Waals surface area contributed by atoms with Crippen molar-refractivity contribution in [1.82, 2.24) is 15.2 Å². The van der Waals surface area contributed by atoms with Crippen LogP contribution in [0.5, 0.6) is 28.7 Å². The molecule has 2 N–H and O–H groups in total. The fourth-order valence-electron chi connectivity index (χ4n) is 5.03. The van der Waals surface area contributed by atoms with Gasteiger partial charge in [0, 0.05) is 55.8 Å². The number of rotatable bonds is 10. The second kappa shape index (κ2) is 13.7. The summed E-state index contributed by atoms with van der Waals surface area (Å²) in [5.74, 6) is 0.522. The third kappa shape index (κ3) is 6.92. The van der Waals surface area contributed by atoms with E-state index in [1.54, 1.807) is 36.5 Å². The molecule has 1 saturated heterocycles. The lowest BCUT2D eigenvalue weighted by Gasteiger charge is -2.26. The number of fused-ring (bicyclic) bond motifs is 3. The Bertz CT molecular complexity index is 1630. The molecule has 2 amide bonds. The molecule has 0 aliphatic carbocycles. The maximum Gasteiger partial charge on any atom is 0.319 e. The number of aromatic nitrogens is 1. The number of anilines is 1.